The standard InChI is InChI=1S/C50H79NO13/c1-29-15-11-10-12-16-30(2)40(53)27-37-20-18-35(7)50(60,64-37)47(57)48(58)51-22-14-13-17-38(51)49(59)63-42(32(4)25-36-19-21-39(52)43(26-36)61-8)28-41(54)31(3)24-34(6)45(56)46(62-9)44(55)33(5)23-29/h10-12,15-16,29,31-40,42-43,45-46,52-53,56,60H,13-14,17-28H2,1-9H3/b12-10?,15-11+,30-16?/t29-,31-,32-,33-,34?,35-,36+,37+,38+,39-,40?,42+,43-,45-,46+,50-/m1/s1. The van der Waals surface area contributed by atoms with Crippen molar-refractivity contribution in [2.75, 3.05) is 20.8 Å². The minimum Gasteiger partial charge on any atom is -0.460 e. The summed E-state index contributed by atoms with van der Waals surface area (Å²) < 4.78 is 23.4. The van der Waals surface area contributed by atoms with E-state index in [-0.39, 0.29) is 67.7 Å². The first-order valence-electron chi connectivity index (χ1n) is 23.9. The summed E-state index contributed by atoms with van der Waals surface area (Å²) in [6, 6.07) is -1.15. The van der Waals surface area contributed by atoms with E-state index in [0.717, 1.165) is 6.42 Å². The third-order valence-electron chi connectivity index (χ3n) is 14.6. The Balaban J connectivity index is 1.66. The molecule has 2 bridgehead atoms. The Morgan fingerprint density at radius 3 is 2.25 bits per heavy atom. The molecule has 14 heteroatoms. The van der Waals surface area contributed by atoms with Crippen LogP contribution in [0, 0.1) is 41.4 Å². The number of ether oxygens (including phenoxy) is 4. The molecule has 3 fully saturated rings. The maximum atomic E-state index is 14.3. The highest BCUT2D eigenvalue weighted by atomic mass is 16.6. The Morgan fingerprint density at radius 1 is 0.844 bits per heavy atom. The van der Waals surface area contributed by atoms with Gasteiger partial charge in [-0.1, -0.05) is 71.9 Å². The number of aliphatic hydroxyl groups excluding tert-OH is 3. The number of cyclic esters (lactones) is 1. The molecule has 0 aromatic carbocycles. The van der Waals surface area contributed by atoms with E-state index in [2.05, 4.69) is 0 Å². The van der Waals surface area contributed by atoms with Crippen LogP contribution in [0.25, 0.3) is 0 Å². The molecule has 16 atom stereocenters. The monoisotopic (exact) mass is 902 g/mol. The lowest BCUT2D eigenvalue weighted by Crippen LogP contribution is -2.61. The predicted molar refractivity (Wildman–Crippen MR) is 240 cm³/mol. The zero-order chi connectivity index (χ0) is 47.5. The number of aliphatic hydroxyl groups is 4. The van der Waals surface area contributed by atoms with Crippen molar-refractivity contribution in [2.45, 2.75) is 186 Å². The lowest BCUT2D eigenvalue weighted by atomic mass is 9.78. The second kappa shape index (κ2) is 24.6. The second-order valence-corrected chi connectivity index (χ2v) is 19.8. The maximum Gasteiger partial charge on any atom is 0.329 e. The predicted octanol–water partition coefficient (Wildman–Crippen LogP) is 5.61. The third-order valence-corrected chi connectivity index (χ3v) is 14.6. The molecule has 0 radical (unpaired) electrons. The fourth-order valence-electron chi connectivity index (χ4n) is 10.2. The SMILES string of the molecule is CO[C@@H]1C[C@H](C[C@@H](C)[C@@H]2CC(=O)[C@H](C)CC(C)[C@@H](O)[C@@H](OC)C(=O)[C@H](C)C[C@H](C)/C=C/C=CC=C(C)C(O)C[C@@H]3CC[C@@H](C)[C@@](O)(O3)C(=O)C(=O)N3CCCC[C@H]3C(=O)O2)CC[C@H]1O. The number of rotatable bonds is 5. The first-order valence-corrected chi connectivity index (χ1v) is 23.9. The Morgan fingerprint density at radius 2 is 1.56 bits per heavy atom. The number of fused-ring (bicyclic) bond motifs is 3. The van der Waals surface area contributed by atoms with Gasteiger partial charge in [0.05, 0.1) is 30.5 Å². The number of esters is 1. The van der Waals surface area contributed by atoms with Crippen LogP contribution in [0.3, 0.4) is 0 Å². The number of methoxy groups -OCH3 is 2. The van der Waals surface area contributed by atoms with Gasteiger partial charge in [-0.15, -0.1) is 0 Å². The number of ketones is 3. The molecule has 3 aliphatic heterocycles. The second-order valence-electron chi connectivity index (χ2n) is 19.8. The Labute approximate surface area is 381 Å². The quantitative estimate of drug-likeness (QED) is 0.196. The van der Waals surface area contributed by atoms with Gasteiger partial charge in [-0.05, 0) is 107 Å². The minimum absolute atomic E-state index is 0.00973. The van der Waals surface area contributed by atoms with Crippen molar-refractivity contribution in [2.24, 2.45) is 41.4 Å². The van der Waals surface area contributed by atoms with Crippen LogP contribution in [-0.4, -0.2) is 130 Å². The number of piperidine rings is 1. The number of hydrogen-bond acceptors (Lipinski definition) is 13. The number of carbonyl (C=O) groups is 5. The highest BCUT2D eigenvalue weighted by Gasteiger charge is 2.53. The van der Waals surface area contributed by atoms with Crippen LogP contribution in [0.4, 0.5) is 0 Å². The summed E-state index contributed by atoms with van der Waals surface area (Å²) in [5.41, 5.74) is 0.627. The van der Waals surface area contributed by atoms with Crippen molar-refractivity contribution in [1.29, 1.82) is 0 Å². The highest BCUT2D eigenvalue weighted by molar-refractivity contribution is 6.39. The van der Waals surface area contributed by atoms with Crippen LogP contribution in [-0.2, 0) is 42.9 Å². The number of Topliss-reactive ketones (excluding diaryl/α,β-unsaturated/α-hetero) is 3. The summed E-state index contributed by atoms with van der Waals surface area (Å²) in [6.45, 7) is 12.7. The van der Waals surface area contributed by atoms with E-state index in [9.17, 15) is 44.4 Å². The Kier molecular flexibility index (Phi) is 20.6. The molecule has 2 saturated heterocycles. The third kappa shape index (κ3) is 14.0. The van der Waals surface area contributed by atoms with E-state index in [0.29, 0.717) is 56.9 Å². The molecule has 0 spiro atoms. The maximum absolute atomic E-state index is 14.3. The first kappa shape index (κ1) is 53.5. The van der Waals surface area contributed by atoms with Crippen LogP contribution in [0.15, 0.2) is 36.0 Å². The van der Waals surface area contributed by atoms with Gasteiger partial charge in [0, 0.05) is 51.4 Å². The molecule has 4 aliphatic rings. The number of allylic oxidation sites excluding steroid dienone is 5. The zero-order valence-corrected chi connectivity index (χ0v) is 39.9. The summed E-state index contributed by atoms with van der Waals surface area (Å²) in [4.78, 5) is 71.5. The van der Waals surface area contributed by atoms with Gasteiger partial charge < -0.3 is 44.3 Å². The topological polar surface area (TPSA) is 206 Å². The van der Waals surface area contributed by atoms with E-state index in [1.165, 1.54) is 12.0 Å². The summed E-state index contributed by atoms with van der Waals surface area (Å²) in [5.74, 6) is -8.36. The zero-order valence-electron chi connectivity index (χ0n) is 39.9. The van der Waals surface area contributed by atoms with Gasteiger partial charge >= 0.3 is 5.97 Å². The van der Waals surface area contributed by atoms with Crippen LogP contribution in [0.5, 0.6) is 0 Å². The molecule has 64 heavy (non-hydrogen) atoms. The molecule has 4 rings (SSSR count). The first-order chi connectivity index (χ1) is 30.2. The van der Waals surface area contributed by atoms with Crippen molar-refractivity contribution in [3.8, 4) is 0 Å². The van der Waals surface area contributed by atoms with Crippen LogP contribution in [0.2, 0.25) is 0 Å². The molecule has 1 saturated carbocycles. The lowest BCUT2D eigenvalue weighted by Gasteiger charge is -2.42. The molecule has 2 unspecified atom stereocenters. The molecule has 362 valence electrons. The van der Waals surface area contributed by atoms with Crippen LogP contribution < -0.4 is 0 Å². The molecule has 1 aliphatic carbocycles. The van der Waals surface area contributed by atoms with E-state index in [1.807, 2.05) is 39.0 Å². The van der Waals surface area contributed by atoms with Crippen molar-refractivity contribution < 1.29 is 63.3 Å². The minimum atomic E-state index is -2.48. The van der Waals surface area contributed by atoms with Crippen molar-refractivity contribution in [1.82, 2.24) is 4.90 Å². The molecule has 4 N–H and O–H groups in total. The summed E-state index contributed by atoms with van der Waals surface area (Å²) in [6.07, 6.45) is 8.60. The molecule has 3 heterocycles. The van der Waals surface area contributed by atoms with Gasteiger partial charge in [-0.3, -0.25) is 19.2 Å². The normalized spacial score (nSPS) is 40.0. The molecular formula is C50H79NO13. The van der Waals surface area contributed by atoms with Crippen molar-refractivity contribution in [3.05, 3.63) is 36.0 Å². The molecule has 0 aromatic heterocycles. The van der Waals surface area contributed by atoms with E-state index in [1.54, 1.807) is 47.0 Å². The largest absolute Gasteiger partial charge is 0.460 e. The van der Waals surface area contributed by atoms with E-state index < -0.39 is 89.8 Å². The van der Waals surface area contributed by atoms with Crippen LogP contribution in [0.1, 0.15) is 132 Å². The van der Waals surface area contributed by atoms with E-state index in [4.69, 9.17) is 18.9 Å². The average molecular weight is 902 g/mol. The van der Waals surface area contributed by atoms with Gasteiger partial charge in [0.2, 0.25) is 5.79 Å². The molecule has 14 nitrogen and oxygen atoms in total. The van der Waals surface area contributed by atoms with Gasteiger partial charge in [0.15, 0.2) is 5.78 Å². The number of hydrogen-bond donors (Lipinski definition) is 4. The van der Waals surface area contributed by atoms with Crippen molar-refractivity contribution >= 4 is 29.2 Å². The Hall–Kier alpha value is -3.11. The number of amides is 1. The van der Waals surface area contributed by atoms with Gasteiger partial charge in [-0.25, -0.2) is 4.79 Å². The average Bonchev–Trinajstić information content (AvgIpc) is 3.26. The smallest absolute Gasteiger partial charge is 0.329 e. The summed E-state index contributed by atoms with van der Waals surface area (Å²) in [7, 11) is 2.96. The molecule has 0 aromatic rings. The van der Waals surface area contributed by atoms with E-state index >= 15 is 0 Å². The number of carbonyl (C=O) groups excluding carboxylic acids is 5. The Bertz CT molecular complexity index is 1680. The van der Waals surface area contributed by atoms with Crippen LogP contribution >= 0.6 is 0 Å². The summed E-state index contributed by atoms with van der Waals surface area (Å²) >= 11 is 0. The number of nitrogens with zero attached hydrogens (tertiary/aromatic N) is 1. The summed E-state index contributed by atoms with van der Waals surface area (Å²) in [5, 5.41) is 44.9. The highest BCUT2D eigenvalue weighted by Crippen LogP contribution is 2.37. The van der Waals surface area contributed by atoms with Gasteiger partial charge in [0.25, 0.3) is 11.7 Å². The molecule has 1 amide bonds. The molecular weight excluding hydrogens is 823 g/mol. The van der Waals surface area contributed by atoms with Crippen molar-refractivity contribution in [3.63, 3.8) is 0 Å². The fourth-order valence-corrected chi connectivity index (χ4v) is 10.2. The van der Waals surface area contributed by atoms with Gasteiger partial charge in [-0.2, -0.15) is 0 Å². The lowest BCUT2D eigenvalue weighted by molar-refractivity contribution is -0.265. The van der Waals surface area contributed by atoms with Gasteiger partial charge in [0.1, 0.15) is 24.0 Å². The fraction of sp³-hybridized carbons (Fsp3) is 0.780.